The van der Waals surface area contributed by atoms with E-state index in [1.807, 2.05) is 38.1 Å². The first kappa shape index (κ1) is 30.4. The third kappa shape index (κ3) is 7.49. The molecule has 1 aliphatic rings. The summed E-state index contributed by atoms with van der Waals surface area (Å²) in [5.41, 5.74) is 2.24. The molecule has 0 saturated carbocycles. The summed E-state index contributed by atoms with van der Waals surface area (Å²) in [7, 11) is 0. The van der Waals surface area contributed by atoms with Crippen molar-refractivity contribution in [2.45, 2.75) is 20.5 Å². The largest absolute Gasteiger partial charge is 0.494 e. The highest BCUT2D eigenvalue weighted by Gasteiger charge is 2.36. The quantitative estimate of drug-likeness (QED) is 0.128. The van der Waals surface area contributed by atoms with E-state index in [1.54, 1.807) is 36.4 Å². The summed E-state index contributed by atoms with van der Waals surface area (Å²) in [4.78, 5) is 39.5. The number of anilines is 1. The summed E-state index contributed by atoms with van der Waals surface area (Å²) >= 11 is 2.97. The average molecular weight is 709 g/mol. The molecule has 0 aliphatic carbocycles. The number of nitrogens with zero attached hydrogens (tertiary/aromatic N) is 1. The van der Waals surface area contributed by atoms with Gasteiger partial charge in [0.2, 0.25) is 5.91 Å². The molecule has 4 aromatic rings. The zero-order valence-corrected chi connectivity index (χ0v) is 26.6. The number of thioether (sulfide) groups is 1. The summed E-state index contributed by atoms with van der Waals surface area (Å²) in [6, 6.07) is 24.9. The average Bonchev–Trinajstić information content (AvgIpc) is 3.25. The van der Waals surface area contributed by atoms with E-state index < -0.39 is 23.6 Å². The maximum atomic E-state index is 13.1. The molecule has 4 aromatic carbocycles. The molecule has 1 heterocycles. The number of amides is 3. The highest BCUT2D eigenvalue weighted by atomic mass is 127. The van der Waals surface area contributed by atoms with Crippen molar-refractivity contribution in [2.24, 2.45) is 0 Å². The molecular formula is C33H29IN2O6S. The minimum Gasteiger partial charge on any atom is -0.494 e. The molecule has 0 bridgehead atoms. The smallest absolute Gasteiger partial charge is 0.294 e. The highest BCUT2D eigenvalue weighted by Crippen LogP contribution is 2.38. The molecule has 8 nitrogen and oxygen atoms in total. The first-order valence-corrected chi connectivity index (χ1v) is 15.6. The molecule has 0 aromatic heterocycles. The molecule has 0 atom stereocenters. The number of nitrogens with one attached hydrogen (secondary N) is 1. The molecule has 3 amide bonds. The molecule has 0 spiro atoms. The van der Waals surface area contributed by atoms with Gasteiger partial charge in [-0.2, -0.15) is 0 Å². The number of halogens is 1. The van der Waals surface area contributed by atoms with Gasteiger partial charge in [-0.05, 0) is 119 Å². The van der Waals surface area contributed by atoms with Gasteiger partial charge in [-0.3, -0.25) is 19.3 Å². The first-order chi connectivity index (χ1) is 20.8. The lowest BCUT2D eigenvalue weighted by Crippen LogP contribution is -2.36. The van der Waals surface area contributed by atoms with E-state index in [4.69, 9.17) is 14.2 Å². The SMILES string of the molecule is CCOc1ccc(NC(=O)CN2C(=O)S/C(=C/c3cc(I)c(OCc4ccc5ccccc5c4)c(OCC)c3)C2=O)cc1. The first-order valence-electron chi connectivity index (χ1n) is 13.7. The van der Waals surface area contributed by atoms with Crippen LogP contribution in [0.5, 0.6) is 17.2 Å². The summed E-state index contributed by atoms with van der Waals surface area (Å²) in [5.74, 6) is 0.820. The second-order valence-electron chi connectivity index (χ2n) is 9.51. The van der Waals surface area contributed by atoms with Gasteiger partial charge in [0, 0.05) is 5.69 Å². The zero-order chi connectivity index (χ0) is 30.3. The van der Waals surface area contributed by atoms with Crippen molar-refractivity contribution in [1.29, 1.82) is 0 Å². The molecule has 1 saturated heterocycles. The molecule has 0 radical (unpaired) electrons. The van der Waals surface area contributed by atoms with Gasteiger partial charge in [-0.15, -0.1) is 0 Å². The van der Waals surface area contributed by atoms with Crippen LogP contribution in [0.3, 0.4) is 0 Å². The van der Waals surface area contributed by atoms with E-state index in [-0.39, 0.29) is 4.91 Å². The standard InChI is InChI=1S/C33H29IN2O6S/c1-3-40-26-13-11-25(12-14-26)35-30(37)19-36-32(38)29(43-33(36)39)18-22-16-27(34)31(28(17-22)41-4-2)42-20-21-9-10-23-7-5-6-8-24(23)15-21/h5-18H,3-4,19-20H2,1-2H3,(H,35,37)/b29-18+. The van der Waals surface area contributed by atoms with Crippen LogP contribution < -0.4 is 19.5 Å². The van der Waals surface area contributed by atoms with Gasteiger partial charge in [-0.25, -0.2) is 0 Å². The fraction of sp³-hybridized carbons (Fsp3) is 0.182. The van der Waals surface area contributed by atoms with Crippen molar-refractivity contribution in [3.05, 3.63) is 98.5 Å². The van der Waals surface area contributed by atoms with Crippen molar-refractivity contribution in [1.82, 2.24) is 4.90 Å². The Hall–Kier alpha value is -4.03. The molecule has 1 fully saturated rings. The van der Waals surface area contributed by atoms with E-state index >= 15 is 0 Å². The fourth-order valence-electron chi connectivity index (χ4n) is 4.49. The van der Waals surface area contributed by atoms with E-state index in [0.717, 1.165) is 36.6 Å². The van der Waals surface area contributed by atoms with Crippen LogP contribution in [-0.2, 0) is 16.2 Å². The highest BCUT2D eigenvalue weighted by molar-refractivity contribution is 14.1. The zero-order valence-electron chi connectivity index (χ0n) is 23.6. The number of imide groups is 1. The Morgan fingerprint density at radius 2 is 1.65 bits per heavy atom. The van der Waals surface area contributed by atoms with Gasteiger partial charge < -0.3 is 19.5 Å². The Labute approximate surface area is 267 Å². The Morgan fingerprint density at radius 1 is 0.907 bits per heavy atom. The molecule has 10 heteroatoms. The minimum atomic E-state index is -0.526. The normalized spacial score (nSPS) is 13.9. The maximum absolute atomic E-state index is 13.1. The molecule has 1 N–H and O–H groups in total. The van der Waals surface area contributed by atoms with E-state index in [9.17, 15) is 14.4 Å². The summed E-state index contributed by atoms with van der Waals surface area (Å²) in [6.45, 7) is 4.70. The van der Waals surface area contributed by atoms with Crippen LogP contribution in [-0.4, -0.2) is 41.7 Å². The number of carbonyl (C=O) groups is 3. The van der Waals surface area contributed by atoms with Gasteiger partial charge in [-0.1, -0.05) is 36.4 Å². The fourth-order valence-corrected chi connectivity index (χ4v) is 6.11. The topological polar surface area (TPSA) is 94.2 Å². The Morgan fingerprint density at radius 3 is 2.40 bits per heavy atom. The Balaban J connectivity index is 1.27. The van der Waals surface area contributed by atoms with Crippen LogP contribution in [0.2, 0.25) is 0 Å². The maximum Gasteiger partial charge on any atom is 0.294 e. The summed E-state index contributed by atoms with van der Waals surface area (Å²) in [5, 5.41) is 4.51. The van der Waals surface area contributed by atoms with Gasteiger partial charge in [0.25, 0.3) is 11.1 Å². The lowest BCUT2D eigenvalue weighted by Gasteiger charge is -2.15. The molecule has 0 unspecified atom stereocenters. The molecular weight excluding hydrogens is 679 g/mol. The second kappa shape index (κ2) is 14.0. The van der Waals surface area contributed by atoms with Crippen molar-refractivity contribution in [3.8, 4) is 17.2 Å². The number of benzene rings is 4. The van der Waals surface area contributed by atoms with Gasteiger partial charge in [0.1, 0.15) is 18.9 Å². The Bertz CT molecular complexity index is 1710. The third-order valence-electron chi connectivity index (χ3n) is 6.45. The van der Waals surface area contributed by atoms with Crippen LogP contribution in [0.15, 0.2) is 83.8 Å². The molecule has 1 aliphatic heterocycles. The van der Waals surface area contributed by atoms with Gasteiger partial charge in [0.15, 0.2) is 11.5 Å². The second-order valence-corrected chi connectivity index (χ2v) is 11.7. The number of fused-ring (bicyclic) bond motifs is 1. The summed E-state index contributed by atoms with van der Waals surface area (Å²) < 4.78 is 18.3. The number of hydrogen-bond donors (Lipinski definition) is 1. The van der Waals surface area contributed by atoms with Crippen LogP contribution in [0.25, 0.3) is 16.8 Å². The van der Waals surface area contributed by atoms with Crippen molar-refractivity contribution in [3.63, 3.8) is 0 Å². The summed E-state index contributed by atoms with van der Waals surface area (Å²) in [6.07, 6.45) is 1.63. The molecule has 220 valence electrons. The number of rotatable bonds is 11. The van der Waals surface area contributed by atoms with Crippen LogP contribution >= 0.6 is 34.4 Å². The predicted octanol–water partition coefficient (Wildman–Crippen LogP) is 7.50. The third-order valence-corrected chi connectivity index (χ3v) is 8.16. The van der Waals surface area contributed by atoms with E-state index in [2.05, 4.69) is 52.2 Å². The lowest BCUT2D eigenvalue weighted by atomic mass is 10.1. The van der Waals surface area contributed by atoms with E-state index in [0.29, 0.717) is 48.3 Å². The number of carbonyl (C=O) groups excluding carboxylic acids is 3. The van der Waals surface area contributed by atoms with E-state index in [1.165, 1.54) is 0 Å². The van der Waals surface area contributed by atoms with Crippen LogP contribution in [0, 0.1) is 3.57 Å². The van der Waals surface area contributed by atoms with Crippen molar-refractivity contribution >= 4 is 73.9 Å². The predicted molar refractivity (Wildman–Crippen MR) is 178 cm³/mol. The van der Waals surface area contributed by atoms with Gasteiger partial charge >= 0.3 is 0 Å². The minimum absolute atomic E-state index is 0.224. The Kier molecular flexibility index (Phi) is 9.88. The lowest BCUT2D eigenvalue weighted by molar-refractivity contribution is -0.127. The molecule has 5 rings (SSSR count). The van der Waals surface area contributed by atoms with Crippen molar-refractivity contribution < 1.29 is 28.6 Å². The van der Waals surface area contributed by atoms with Crippen molar-refractivity contribution in [2.75, 3.05) is 25.1 Å². The number of ether oxygens (including phenoxy) is 3. The van der Waals surface area contributed by atoms with Crippen LogP contribution in [0.1, 0.15) is 25.0 Å². The number of hydrogen-bond acceptors (Lipinski definition) is 7. The van der Waals surface area contributed by atoms with Crippen LogP contribution in [0.4, 0.5) is 10.5 Å². The van der Waals surface area contributed by atoms with Gasteiger partial charge in [0.05, 0.1) is 21.7 Å². The monoisotopic (exact) mass is 708 g/mol. The molecule has 43 heavy (non-hydrogen) atoms.